The second kappa shape index (κ2) is 9.01. The quantitative estimate of drug-likeness (QED) is 0.650. The Balaban J connectivity index is 1.58. The molecular weight excluding hydrogens is 336 g/mol. The molecule has 0 heterocycles. The molecule has 4 nitrogen and oxygen atoms in total. The molecule has 2 N–H and O–H groups in total. The van der Waals surface area contributed by atoms with Gasteiger partial charge in [-0.05, 0) is 42.8 Å². The van der Waals surface area contributed by atoms with Crippen molar-refractivity contribution in [1.29, 1.82) is 0 Å². The molecule has 1 amide bonds. The summed E-state index contributed by atoms with van der Waals surface area (Å²) in [4.78, 5) is 12.4. The first-order valence-corrected chi connectivity index (χ1v) is 8.95. The molecule has 3 rings (SSSR count). The number of nitrogens with one attached hydrogen (secondary N) is 2. The molecule has 138 valence electrons. The molecule has 0 spiro atoms. The van der Waals surface area contributed by atoms with Crippen molar-refractivity contribution in [3.8, 4) is 5.75 Å². The number of benzene rings is 3. The molecule has 3 aromatic rings. The first-order chi connectivity index (χ1) is 13.2. The molecule has 0 saturated heterocycles. The predicted molar refractivity (Wildman–Crippen MR) is 109 cm³/mol. The highest BCUT2D eigenvalue weighted by Crippen LogP contribution is 2.17. The van der Waals surface area contributed by atoms with Crippen molar-refractivity contribution in [3.05, 3.63) is 95.1 Å². The number of aryl methyl sites for hydroxylation is 1. The molecule has 0 fully saturated rings. The van der Waals surface area contributed by atoms with Gasteiger partial charge in [-0.15, -0.1) is 0 Å². The normalized spacial score (nSPS) is 10.4. The molecule has 0 bridgehead atoms. The van der Waals surface area contributed by atoms with Gasteiger partial charge in [-0.2, -0.15) is 0 Å². The lowest BCUT2D eigenvalue weighted by molar-refractivity contribution is 0.102. The van der Waals surface area contributed by atoms with E-state index in [9.17, 15) is 4.79 Å². The Kier molecular flexibility index (Phi) is 6.23. The summed E-state index contributed by atoms with van der Waals surface area (Å²) in [6.07, 6.45) is 0. The van der Waals surface area contributed by atoms with Crippen molar-refractivity contribution >= 4 is 11.6 Å². The Morgan fingerprint density at radius 3 is 2.48 bits per heavy atom. The fraction of sp³-hybridized carbons (Fsp3) is 0.174. The molecule has 0 aromatic heterocycles. The van der Waals surface area contributed by atoms with E-state index >= 15 is 0 Å². The number of methoxy groups -OCH3 is 1. The highest BCUT2D eigenvalue weighted by molar-refractivity contribution is 6.04. The third-order valence-electron chi connectivity index (χ3n) is 4.34. The maximum atomic E-state index is 12.4. The van der Waals surface area contributed by atoms with Crippen molar-refractivity contribution in [3.63, 3.8) is 0 Å². The van der Waals surface area contributed by atoms with Crippen LogP contribution in [0.2, 0.25) is 0 Å². The third kappa shape index (κ3) is 5.19. The van der Waals surface area contributed by atoms with Crippen LogP contribution in [0.1, 0.15) is 27.0 Å². The lowest BCUT2D eigenvalue weighted by Crippen LogP contribution is -2.14. The molecule has 0 radical (unpaired) electrons. The van der Waals surface area contributed by atoms with Crippen molar-refractivity contribution in [1.82, 2.24) is 5.32 Å². The van der Waals surface area contributed by atoms with Gasteiger partial charge >= 0.3 is 0 Å². The van der Waals surface area contributed by atoms with Crippen molar-refractivity contribution in [2.24, 2.45) is 0 Å². The molecular formula is C23H24N2O2. The minimum Gasteiger partial charge on any atom is -0.496 e. The van der Waals surface area contributed by atoms with Crippen LogP contribution < -0.4 is 15.4 Å². The minimum absolute atomic E-state index is 0.103. The first kappa shape index (κ1) is 18.7. The lowest BCUT2D eigenvalue weighted by atomic mass is 10.1. The Labute approximate surface area is 160 Å². The number of carbonyl (C=O) groups excluding carboxylic acids is 1. The van der Waals surface area contributed by atoms with Gasteiger partial charge in [0, 0.05) is 29.9 Å². The number of hydrogen-bond donors (Lipinski definition) is 2. The van der Waals surface area contributed by atoms with E-state index in [1.54, 1.807) is 7.11 Å². The molecule has 0 saturated carbocycles. The third-order valence-corrected chi connectivity index (χ3v) is 4.34. The minimum atomic E-state index is -0.103. The largest absolute Gasteiger partial charge is 0.496 e. The van der Waals surface area contributed by atoms with Crippen LogP contribution in [0.15, 0.2) is 72.8 Å². The molecule has 0 aliphatic heterocycles. The molecule has 0 unspecified atom stereocenters. The summed E-state index contributed by atoms with van der Waals surface area (Å²) in [5.41, 5.74) is 4.79. The van der Waals surface area contributed by atoms with Crippen molar-refractivity contribution < 1.29 is 9.53 Å². The van der Waals surface area contributed by atoms with Gasteiger partial charge in [0.05, 0.1) is 7.11 Å². The number of anilines is 1. The molecule has 0 atom stereocenters. The average molecular weight is 360 g/mol. The highest BCUT2D eigenvalue weighted by atomic mass is 16.5. The van der Waals surface area contributed by atoms with E-state index in [2.05, 4.69) is 10.6 Å². The van der Waals surface area contributed by atoms with Gasteiger partial charge in [-0.25, -0.2) is 0 Å². The van der Waals surface area contributed by atoms with Gasteiger partial charge in [-0.3, -0.25) is 4.79 Å². The SMILES string of the molecule is COc1ccccc1CNCc1cccc(NC(=O)c2ccc(C)cc2)c1. The topological polar surface area (TPSA) is 50.4 Å². The van der Waals surface area contributed by atoms with E-state index in [1.807, 2.05) is 79.7 Å². The second-order valence-corrected chi connectivity index (χ2v) is 6.44. The number of rotatable bonds is 7. The van der Waals surface area contributed by atoms with Gasteiger partial charge in [-0.1, -0.05) is 48.0 Å². The van der Waals surface area contributed by atoms with Gasteiger partial charge in [0.15, 0.2) is 0 Å². The van der Waals surface area contributed by atoms with Crippen LogP contribution >= 0.6 is 0 Å². The maximum absolute atomic E-state index is 12.4. The van der Waals surface area contributed by atoms with Crippen molar-refractivity contribution in [2.75, 3.05) is 12.4 Å². The van der Waals surface area contributed by atoms with Crippen LogP contribution in [-0.4, -0.2) is 13.0 Å². The van der Waals surface area contributed by atoms with Crippen LogP contribution in [0.25, 0.3) is 0 Å². The van der Waals surface area contributed by atoms with Gasteiger partial charge < -0.3 is 15.4 Å². The number of amides is 1. The monoisotopic (exact) mass is 360 g/mol. The van der Waals surface area contributed by atoms with E-state index in [1.165, 1.54) is 0 Å². The fourth-order valence-corrected chi connectivity index (χ4v) is 2.86. The van der Waals surface area contributed by atoms with Crippen LogP contribution in [0.4, 0.5) is 5.69 Å². The second-order valence-electron chi connectivity index (χ2n) is 6.44. The molecule has 4 heteroatoms. The fourth-order valence-electron chi connectivity index (χ4n) is 2.86. The zero-order chi connectivity index (χ0) is 19.1. The van der Waals surface area contributed by atoms with Crippen LogP contribution in [0.3, 0.4) is 0 Å². The van der Waals surface area contributed by atoms with E-state index in [4.69, 9.17) is 4.74 Å². The predicted octanol–water partition coefficient (Wildman–Crippen LogP) is 4.55. The lowest BCUT2D eigenvalue weighted by Gasteiger charge is -2.11. The number of ether oxygens (including phenoxy) is 1. The summed E-state index contributed by atoms with van der Waals surface area (Å²) in [7, 11) is 1.68. The Morgan fingerprint density at radius 1 is 0.926 bits per heavy atom. The number of carbonyl (C=O) groups is 1. The van der Waals surface area contributed by atoms with E-state index < -0.39 is 0 Å². The standard InChI is InChI=1S/C23H24N2O2/c1-17-10-12-19(13-11-17)23(26)25-21-8-5-6-18(14-21)15-24-16-20-7-3-4-9-22(20)27-2/h3-14,24H,15-16H2,1-2H3,(H,25,26). The summed E-state index contributed by atoms with van der Waals surface area (Å²) in [6.45, 7) is 3.42. The van der Waals surface area contributed by atoms with Gasteiger partial charge in [0.25, 0.3) is 5.91 Å². The van der Waals surface area contributed by atoms with Crippen LogP contribution in [0.5, 0.6) is 5.75 Å². The van der Waals surface area contributed by atoms with Crippen LogP contribution in [0, 0.1) is 6.92 Å². The Hall–Kier alpha value is -3.11. The highest BCUT2D eigenvalue weighted by Gasteiger charge is 2.06. The zero-order valence-corrected chi connectivity index (χ0v) is 15.7. The molecule has 0 aliphatic carbocycles. The van der Waals surface area contributed by atoms with E-state index in [0.29, 0.717) is 18.7 Å². The first-order valence-electron chi connectivity index (χ1n) is 8.95. The van der Waals surface area contributed by atoms with E-state index in [-0.39, 0.29) is 5.91 Å². The molecule has 27 heavy (non-hydrogen) atoms. The van der Waals surface area contributed by atoms with Gasteiger partial charge in [0.2, 0.25) is 0 Å². The Bertz CT molecular complexity index is 904. The van der Waals surface area contributed by atoms with E-state index in [0.717, 1.165) is 28.1 Å². The Morgan fingerprint density at radius 2 is 1.70 bits per heavy atom. The summed E-state index contributed by atoms with van der Waals surface area (Å²) in [5.74, 6) is 0.776. The number of para-hydroxylation sites is 1. The summed E-state index contributed by atoms with van der Waals surface area (Å²) in [5, 5.41) is 6.38. The summed E-state index contributed by atoms with van der Waals surface area (Å²) >= 11 is 0. The zero-order valence-electron chi connectivity index (χ0n) is 15.7. The average Bonchev–Trinajstić information content (AvgIpc) is 2.69. The smallest absolute Gasteiger partial charge is 0.255 e. The molecule has 0 aliphatic rings. The van der Waals surface area contributed by atoms with Crippen molar-refractivity contribution in [2.45, 2.75) is 20.0 Å². The van der Waals surface area contributed by atoms with Gasteiger partial charge in [0.1, 0.15) is 5.75 Å². The van der Waals surface area contributed by atoms with Crippen LogP contribution in [-0.2, 0) is 13.1 Å². The summed E-state index contributed by atoms with van der Waals surface area (Å²) < 4.78 is 5.37. The number of hydrogen-bond acceptors (Lipinski definition) is 3. The summed E-state index contributed by atoms with van der Waals surface area (Å²) in [6, 6.07) is 23.4. The maximum Gasteiger partial charge on any atom is 0.255 e. The molecule has 3 aromatic carbocycles.